The number of methoxy groups -OCH3 is 2. The predicted octanol–water partition coefficient (Wildman–Crippen LogP) is 2.36. The van der Waals surface area contributed by atoms with Crippen molar-refractivity contribution in [3.8, 4) is 11.5 Å². The van der Waals surface area contributed by atoms with Crippen molar-refractivity contribution in [1.29, 1.82) is 0 Å². The van der Waals surface area contributed by atoms with E-state index < -0.39 is 0 Å². The average Bonchev–Trinajstić information content (AvgIpc) is 2.53. The second-order valence-corrected chi connectivity index (χ2v) is 4.62. The number of rotatable bonds is 4. The number of ether oxygens (including phenoxy) is 2. The summed E-state index contributed by atoms with van der Waals surface area (Å²) in [6.07, 6.45) is 1.84. The zero-order valence-corrected chi connectivity index (χ0v) is 12.6. The second-order valence-electron chi connectivity index (χ2n) is 4.62. The first-order valence-corrected chi connectivity index (χ1v) is 6.66. The standard InChI is InChI=1S/C18H19NO2/c1-13-10-17(20-3)18(21-4)11-16(13)14(2)19-12-15-8-6-5-7-9-15/h5-12H,1H2,2-4H3/b16-14-,19-12?. The van der Waals surface area contributed by atoms with Crippen molar-refractivity contribution in [2.45, 2.75) is 6.92 Å². The van der Waals surface area contributed by atoms with Gasteiger partial charge >= 0.3 is 0 Å². The fourth-order valence-electron chi connectivity index (χ4n) is 2.04. The topological polar surface area (TPSA) is 30.8 Å². The van der Waals surface area contributed by atoms with Crippen molar-refractivity contribution in [1.82, 2.24) is 0 Å². The van der Waals surface area contributed by atoms with Gasteiger partial charge in [-0.3, -0.25) is 4.99 Å². The molecule has 0 aliphatic carbocycles. The lowest BCUT2D eigenvalue weighted by atomic mass is 10.2. The molecule has 0 aliphatic heterocycles. The van der Waals surface area contributed by atoms with Gasteiger partial charge in [0.25, 0.3) is 0 Å². The lowest BCUT2D eigenvalue weighted by Crippen LogP contribution is -2.25. The van der Waals surface area contributed by atoms with Crippen LogP contribution in [0.4, 0.5) is 0 Å². The van der Waals surface area contributed by atoms with E-state index in [1.807, 2.05) is 55.6 Å². The third kappa shape index (κ3) is 3.51. The van der Waals surface area contributed by atoms with E-state index >= 15 is 0 Å². The molecule has 0 atom stereocenters. The van der Waals surface area contributed by atoms with Gasteiger partial charge in [-0.05, 0) is 29.8 Å². The molecule has 3 nitrogen and oxygen atoms in total. The Kier molecular flexibility index (Phi) is 4.77. The summed E-state index contributed by atoms with van der Waals surface area (Å²) in [5.74, 6) is 1.35. The normalized spacial score (nSPS) is 12.3. The van der Waals surface area contributed by atoms with Crippen LogP contribution >= 0.6 is 0 Å². The highest BCUT2D eigenvalue weighted by atomic mass is 16.5. The molecule has 0 fully saturated rings. The summed E-state index contributed by atoms with van der Waals surface area (Å²) >= 11 is 0. The summed E-state index contributed by atoms with van der Waals surface area (Å²) in [6, 6.07) is 13.7. The molecule has 3 heteroatoms. The second kappa shape index (κ2) is 6.75. The van der Waals surface area contributed by atoms with E-state index in [1.54, 1.807) is 14.2 Å². The maximum atomic E-state index is 5.33. The first-order valence-electron chi connectivity index (χ1n) is 6.66. The van der Waals surface area contributed by atoms with Crippen molar-refractivity contribution in [2.24, 2.45) is 4.99 Å². The van der Waals surface area contributed by atoms with E-state index in [0.29, 0.717) is 11.5 Å². The van der Waals surface area contributed by atoms with Crippen LogP contribution < -0.4 is 19.9 Å². The summed E-state index contributed by atoms with van der Waals surface area (Å²) in [6.45, 7) is 6.00. The van der Waals surface area contributed by atoms with E-state index in [1.165, 1.54) is 0 Å². The minimum absolute atomic E-state index is 0.672. The number of hydrogen-bond donors (Lipinski definition) is 0. The molecular weight excluding hydrogens is 262 g/mol. The van der Waals surface area contributed by atoms with Crippen molar-refractivity contribution in [2.75, 3.05) is 14.2 Å². The van der Waals surface area contributed by atoms with Gasteiger partial charge in [-0.15, -0.1) is 0 Å². The number of benzene rings is 2. The molecule has 0 saturated carbocycles. The number of aliphatic imine (C=N–C) groups is 1. The Bertz CT molecular complexity index is 749. The highest BCUT2D eigenvalue weighted by Crippen LogP contribution is 2.22. The number of nitrogens with zero attached hydrogens (tertiary/aromatic N) is 1. The average molecular weight is 281 g/mol. The molecule has 2 aromatic carbocycles. The quantitative estimate of drug-likeness (QED) is 0.806. The first-order chi connectivity index (χ1) is 10.2. The molecule has 0 heterocycles. The molecule has 108 valence electrons. The lowest BCUT2D eigenvalue weighted by molar-refractivity contribution is 0.354. The van der Waals surface area contributed by atoms with Gasteiger partial charge in [-0.25, -0.2) is 0 Å². The smallest absolute Gasteiger partial charge is 0.161 e. The first kappa shape index (κ1) is 14.9. The lowest BCUT2D eigenvalue weighted by Gasteiger charge is -2.07. The molecule has 0 aliphatic rings. The Balaban J connectivity index is 2.48. The minimum Gasteiger partial charge on any atom is -0.493 e. The largest absolute Gasteiger partial charge is 0.493 e. The molecule has 0 aromatic heterocycles. The Hall–Kier alpha value is -2.55. The summed E-state index contributed by atoms with van der Waals surface area (Å²) in [5.41, 5.74) is 1.94. The van der Waals surface area contributed by atoms with Crippen LogP contribution in [0.2, 0.25) is 0 Å². The van der Waals surface area contributed by atoms with Crippen LogP contribution in [0.5, 0.6) is 11.5 Å². The highest BCUT2D eigenvalue weighted by Gasteiger charge is 2.03. The third-order valence-corrected chi connectivity index (χ3v) is 3.21. The third-order valence-electron chi connectivity index (χ3n) is 3.21. The molecule has 0 bridgehead atoms. The van der Waals surface area contributed by atoms with E-state index in [0.717, 1.165) is 21.7 Å². The van der Waals surface area contributed by atoms with E-state index in [9.17, 15) is 0 Å². The summed E-state index contributed by atoms with van der Waals surface area (Å²) in [4.78, 5) is 4.51. The SMILES string of the molecule is C=c1cc(OC)c(OC)c/c1=C(\C)N=Cc1ccccc1. The van der Waals surface area contributed by atoms with Gasteiger partial charge in [-0.2, -0.15) is 0 Å². The van der Waals surface area contributed by atoms with Crippen molar-refractivity contribution < 1.29 is 9.47 Å². The molecule has 0 spiro atoms. The van der Waals surface area contributed by atoms with Crippen LogP contribution in [0, 0.1) is 0 Å². The molecule has 2 rings (SSSR count). The Morgan fingerprint density at radius 3 is 2.29 bits per heavy atom. The minimum atomic E-state index is 0.672. The maximum absolute atomic E-state index is 5.33. The van der Waals surface area contributed by atoms with Gasteiger partial charge in [0.2, 0.25) is 0 Å². The molecule has 0 amide bonds. The Labute approximate surface area is 124 Å². The summed E-state index contributed by atoms with van der Waals surface area (Å²) in [7, 11) is 3.23. The molecule has 0 unspecified atom stereocenters. The molecule has 0 radical (unpaired) electrons. The number of hydrogen-bond acceptors (Lipinski definition) is 3. The van der Waals surface area contributed by atoms with Crippen molar-refractivity contribution >= 4 is 18.5 Å². The van der Waals surface area contributed by atoms with E-state index in [2.05, 4.69) is 11.6 Å². The fraction of sp³-hybridized carbons (Fsp3) is 0.167. The van der Waals surface area contributed by atoms with Gasteiger partial charge in [0.15, 0.2) is 11.5 Å². The van der Waals surface area contributed by atoms with E-state index in [-0.39, 0.29) is 0 Å². The molecule has 2 aromatic rings. The van der Waals surface area contributed by atoms with Gasteiger partial charge in [-0.1, -0.05) is 36.9 Å². The van der Waals surface area contributed by atoms with Crippen LogP contribution in [-0.4, -0.2) is 20.4 Å². The Morgan fingerprint density at radius 1 is 1.05 bits per heavy atom. The van der Waals surface area contributed by atoms with Gasteiger partial charge < -0.3 is 9.47 Å². The van der Waals surface area contributed by atoms with Crippen LogP contribution in [0.15, 0.2) is 47.5 Å². The maximum Gasteiger partial charge on any atom is 0.161 e. The van der Waals surface area contributed by atoms with Crippen LogP contribution in [0.1, 0.15) is 12.5 Å². The fourth-order valence-corrected chi connectivity index (χ4v) is 2.04. The zero-order valence-electron chi connectivity index (χ0n) is 12.6. The predicted molar refractivity (Wildman–Crippen MR) is 87.4 cm³/mol. The van der Waals surface area contributed by atoms with Crippen molar-refractivity contribution in [3.05, 3.63) is 58.5 Å². The van der Waals surface area contributed by atoms with Gasteiger partial charge in [0.05, 0.1) is 14.2 Å². The molecular formula is C18H19NO2. The highest BCUT2D eigenvalue weighted by molar-refractivity contribution is 5.82. The van der Waals surface area contributed by atoms with Gasteiger partial charge in [0, 0.05) is 17.1 Å². The Morgan fingerprint density at radius 2 is 1.67 bits per heavy atom. The van der Waals surface area contributed by atoms with Gasteiger partial charge in [0.1, 0.15) is 0 Å². The van der Waals surface area contributed by atoms with E-state index in [4.69, 9.17) is 9.47 Å². The van der Waals surface area contributed by atoms with Crippen molar-refractivity contribution in [3.63, 3.8) is 0 Å². The van der Waals surface area contributed by atoms with Crippen LogP contribution in [0.3, 0.4) is 0 Å². The summed E-state index contributed by atoms with van der Waals surface area (Å²) in [5, 5.41) is 1.80. The monoisotopic (exact) mass is 281 g/mol. The molecule has 0 N–H and O–H groups in total. The molecule has 21 heavy (non-hydrogen) atoms. The van der Waals surface area contributed by atoms with Crippen LogP contribution in [0.25, 0.3) is 12.3 Å². The van der Waals surface area contributed by atoms with Crippen LogP contribution in [-0.2, 0) is 0 Å². The zero-order chi connectivity index (χ0) is 15.2. The summed E-state index contributed by atoms with van der Waals surface area (Å²) < 4.78 is 10.6. The molecule has 0 saturated heterocycles.